The maximum atomic E-state index is 12.0. The van der Waals surface area contributed by atoms with Crippen LogP contribution in [0.15, 0.2) is 30.4 Å². The highest BCUT2D eigenvalue weighted by Gasteiger charge is 2.36. The second-order valence-electron chi connectivity index (χ2n) is 4.63. The molecule has 0 aliphatic carbocycles. The smallest absolute Gasteiger partial charge is 0.299 e. The largest absolute Gasteiger partial charge is 0.497 e. The predicted octanol–water partition coefficient (Wildman–Crippen LogP) is 1.39. The number of ether oxygens (including phenoxy) is 1. The van der Waals surface area contributed by atoms with E-state index in [9.17, 15) is 9.59 Å². The number of hydrogen-bond acceptors (Lipinski definition) is 4. The van der Waals surface area contributed by atoms with E-state index >= 15 is 0 Å². The average Bonchev–Trinajstić information content (AvgIpc) is 2.69. The maximum absolute atomic E-state index is 12.0. The number of benzene rings is 1. The van der Waals surface area contributed by atoms with Crippen molar-refractivity contribution in [1.82, 2.24) is 5.32 Å². The van der Waals surface area contributed by atoms with Crippen LogP contribution in [0.2, 0.25) is 0 Å². The number of ketones is 1. The van der Waals surface area contributed by atoms with Gasteiger partial charge in [0.15, 0.2) is 0 Å². The summed E-state index contributed by atoms with van der Waals surface area (Å²) in [6.45, 7) is 7.71. The van der Waals surface area contributed by atoms with Crippen molar-refractivity contribution < 1.29 is 14.3 Å². The van der Waals surface area contributed by atoms with Crippen LogP contribution >= 0.6 is 0 Å². The molecule has 0 spiro atoms. The van der Waals surface area contributed by atoms with Gasteiger partial charge in [-0.05, 0) is 24.3 Å². The van der Waals surface area contributed by atoms with Crippen LogP contribution in [0.25, 0.3) is 0 Å². The van der Waals surface area contributed by atoms with Crippen molar-refractivity contribution in [3.63, 3.8) is 0 Å². The monoisotopic (exact) mass is 274 g/mol. The molecule has 1 amide bonds. The Morgan fingerprint density at radius 2 is 2.15 bits per heavy atom. The summed E-state index contributed by atoms with van der Waals surface area (Å²) in [6.07, 6.45) is 0. The van der Waals surface area contributed by atoms with Gasteiger partial charge in [0.25, 0.3) is 11.7 Å². The molecule has 2 rings (SSSR count). The van der Waals surface area contributed by atoms with Crippen molar-refractivity contribution >= 4 is 17.4 Å². The minimum atomic E-state index is -0.508. The highest BCUT2D eigenvalue weighted by Crippen LogP contribution is 2.32. The number of Topliss-reactive ketones (excluding diaryl/α,β-unsaturated/α-hetero) is 1. The molecule has 1 aliphatic rings. The van der Waals surface area contributed by atoms with Gasteiger partial charge in [-0.25, -0.2) is 0 Å². The maximum Gasteiger partial charge on any atom is 0.299 e. The van der Waals surface area contributed by atoms with Crippen LogP contribution in [0.4, 0.5) is 5.69 Å². The van der Waals surface area contributed by atoms with Crippen LogP contribution in [-0.2, 0) is 4.79 Å². The van der Waals surface area contributed by atoms with Crippen LogP contribution in [0.3, 0.4) is 0 Å². The van der Waals surface area contributed by atoms with E-state index in [4.69, 9.17) is 4.74 Å². The molecule has 0 saturated heterocycles. The van der Waals surface area contributed by atoms with E-state index in [-0.39, 0.29) is 0 Å². The molecule has 1 heterocycles. The predicted molar refractivity (Wildman–Crippen MR) is 77.4 cm³/mol. The van der Waals surface area contributed by atoms with Crippen LogP contribution < -0.4 is 15.0 Å². The lowest BCUT2D eigenvalue weighted by Gasteiger charge is -2.18. The topological polar surface area (TPSA) is 58.6 Å². The van der Waals surface area contributed by atoms with Gasteiger partial charge in [0.2, 0.25) is 0 Å². The molecule has 0 fully saturated rings. The van der Waals surface area contributed by atoms with Gasteiger partial charge in [0.05, 0.1) is 18.4 Å². The first-order valence-electron chi connectivity index (χ1n) is 6.50. The number of nitrogens with zero attached hydrogens (tertiary/aromatic N) is 1. The fourth-order valence-corrected chi connectivity index (χ4v) is 2.14. The van der Waals surface area contributed by atoms with E-state index in [1.165, 1.54) is 4.90 Å². The second-order valence-corrected chi connectivity index (χ2v) is 4.63. The molecule has 5 nitrogen and oxygen atoms in total. The van der Waals surface area contributed by atoms with Gasteiger partial charge in [-0.3, -0.25) is 9.59 Å². The van der Waals surface area contributed by atoms with Crippen LogP contribution in [0.1, 0.15) is 17.3 Å². The molecule has 0 radical (unpaired) electrons. The molecular weight excluding hydrogens is 256 g/mol. The molecule has 1 aliphatic heterocycles. The number of amides is 1. The zero-order valence-corrected chi connectivity index (χ0v) is 11.7. The summed E-state index contributed by atoms with van der Waals surface area (Å²) in [5, 5.41) is 3.15. The molecule has 0 atom stereocenters. The van der Waals surface area contributed by atoms with E-state index in [2.05, 4.69) is 11.9 Å². The Balaban J connectivity index is 2.25. The number of rotatable bonds is 6. The number of carbonyl (C=O) groups excluding carboxylic acids is 2. The van der Waals surface area contributed by atoms with E-state index in [1.54, 1.807) is 25.3 Å². The third-order valence-corrected chi connectivity index (χ3v) is 3.19. The average molecular weight is 274 g/mol. The number of fused-ring (bicyclic) bond motifs is 1. The van der Waals surface area contributed by atoms with Crippen molar-refractivity contribution in [3.8, 4) is 5.75 Å². The Morgan fingerprint density at radius 1 is 1.40 bits per heavy atom. The molecule has 0 saturated carbocycles. The summed E-state index contributed by atoms with van der Waals surface area (Å²) in [7, 11) is 1.55. The van der Waals surface area contributed by atoms with E-state index in [1.807, 2.05) is 6.92 Å². The number of likely N-dealkylation sites (N-methyl/N-ethyl adjacent to an activating group) is 1. The van der Waals surface area contributed by atoms with Gasteiger partial charge in [-0.1, -0.05) is 13.5 Å². The molecule has 0 unspecified atom stereocenters. The van der Waals surface area contributed by atoms with Crippen LogP contribution in [0.5, 0.6) is 5.75 Å². The Kier molecular flexibility index (Phi) is 4.20. The number of anilines is 1. The van der Waals surface area contributed by atoms with Crippen molar-refractivity contribution in [3.05, 3.63) is 35.9 Å². The highest BCUT2D eigenvalue weighted by atomic mass is 16.5. The van der Waals surface area contributed by atoms with Gasteiger partial charge in [-0.15, -0.1) is 0 Å². The highest BCUT2D eigenvalue weighted by molar-refractivity contribution is 6.52. The molecule has 0 bridgehead atoms. The Labute approximate surface area is 118 Å². The van der Waals surface area contributed by atoms with Crippen molar-refractivity contribution in [1.29, 1.82) is 0 Å². The molecule has 20 heavy (non-hydrogen) atoms. The first-order chi connectivity index (χ1) is 9.58. The fourth-order valence-electron chi connectivity index (χ4n) is 2.14. The minimum absolute atomic E-state index is 0.331. The normalized spacial score (nSPS) is 13.6. The quantitative estimate of drug-likeness (QED) is 0.629. The lowest BCUT2D eigenvalue weighted by atomic mass is 10.1. The van der Waals surface area contributed by atoms with E-state index in [0.717, 1.165) is 12.1 Å². The van der Waals surface area contributed by atoms with E-state index < -0.39 is 11.7 Å². The lowest BCUT2D eigenvalue weighted by Crippen LogP contribution is -2.33. The summed E-state index contributed by atoms with van der Waals surface area (Å²) in [5.41, 5.74) is 1.87. The minimum Gasteiger partial charge on any atom is -0.497 e. The van der Waals surface area contributed by atoms with Crippen LogP contribution in [0, 0.1) is 0 Å². The van der Waals surface area contributed by atoms with Crippen molar-refractivity contribution in [2.45, 2.75) is 6.92 Å². The third kappa shape index (κ3) is 2.58. The van der Waals surface area contributed by atoms with Crippen molar-refractivity contribution in [2.24, 2.45) is 0 Å². The number of hydrogen-bond donors (Lipinski definition) is 1. The first-order valence-corrected chi connectivity index (χ1v) is 6.50. The Hall–Kier alpha value is -2.14. The summed E-state index contributed by atoms with van der Waals surface area (Å²) < 4.78 is 5.14. The Bertz CT molecular complexity index is 566. The standard InChI is InChI=1S/C15H18N2O3/c1-4-16-8-10(2)9-17-13-7-11(20-3)5-6-12(13)14(18)15(17)19/h5-7,16H,2,4,8-9H2,1,3H3. The molecular formula is C15H18N2O3. The zero-order valence-electron chi connectivity index (χ0n) is 11.7. The molecule has 1 aromatic rings. The number of nitrogens with one attached hydrogen (secondary N) is 1. The summed E-state index contributed by atoms with van der Waals surface area (Å²) in [5.74, 6) is -0.363. The molecule has 106 valence electrons. The van der Waals surface area contributed by atoms with Gasteiger partial charge < -0.3 is 15.0 Å². The van der Waals surface area contributed by atoms with E-state index in [0.29, 0.717) is 30.1 Å². The summed E-state index contributed by atoms with van der Waals surface area (Å²) in [6, 6.07) is 5.01. The second kappa shape index (κ2) is 5.88. The molecule has 1 aromatic carbocycles. The van der Waals surface area contributed by atoms with Crippen molar-refractivity contribution in [2.75, 3.05) is 31.6 Å². The van der Waals surface area contributed by atoms with Crippen LogP contribution in [-0.4, -0.2) is 38.4 Å². The third-order valence-electron chi connectivity index (χ3n) is 3.19. The first kappa shape index (κ1) is 14.3. The SMILES string of the molecule is C=C(CNCC)CN1C(=O)C(=O)c2ccc(OC)cc21. The number of methoxy groups -OCH3 is 1. The van der Waals surface area contributed by atoms with Gasteiger partial charge in [0.1, 0.15) is 5.75 Å². The summed E-state index contributed by atoms with van der Waals surface area (Å²) in [4.78, 5) is 25.4. The Morgan fingerprint density at radius 3 is 2.80 bits per heavy atom. The number of carbonyl (C=O) groups is 2. The van der Waals surface area contributed by atoms with Gasteiger partial charge in [0, 0.05) is 19.2 Å². The molecule has 1 N–H and O–H groups in total. The fraction of sp³-hybridized carbons (Fsp3) is 0.333. The zero-order chi connectivity index (χ0) is 14.7. The lowest BCUT2D eigenvalue weighted by molar-refractivity contribution is -0.114. The molecule has 0 aromatic heterocycles. The van der Waals surface area contributed by atoms with Gasteiger partial charge >= 0.3 is 0 Å². The molecule has 5 heteroatoms. The summed E-state index contributed by atoms with van der Waals surface area (Å²) >= 11 is 0. The van der Waals surface area contributed by atoms with Gasteiger partial charge in [-0.2, -0.15) is 0 Å².